The molecule has 1 aromatic heterocycles. The molecule has 0 radical (unpaired) electrons. The fraction of sp³-hybridized carbons (Fsp3) is 0.467. The van der Waals surface area contributed by atoms with Crippen LogP contribution in [-0.2, 0) is 4.79 Å². The number of hydrogen-bond acceptors (Lipinski definition) is 4. The number of para-hydroxylation sites is 1. The van der Waals surface area contributed by atoms with E-state index in [-0.39, 0.29) is 5.91 Å². The van der Waals surface area contributed by atoms with Crippen molar-refractivity contribution in [2.45, 2.75) is 25.7 Å². The normalized spacial score (nSPS) is 16.4. The Bertz CT molecular complexity index is 557. The number of nitrogens with zero attached hydrogens (tertiary/aromatic N) is 1. The number of piperidine rings is 1. The highest BCUT2D eigenvalue weighted by Crippen LogP contribution is 2.26. The lowest BCUT2D eigenvalue weighted by Crippen LogP contribution is -2.28. The Kier molecular flexibility index (Phi) is 4.28. The van der Waals surface area contributed by atoms with Crippen LogP contribution >= 0.6 is 11.3 Å². The van der Waals surface area contributed by atoms with Gasteiger partial charge in [0.2, 0.25) is 5.91 Å². The molecule has 0 spiro atoms. The number of carbonyl (C=O) groups excluding carboxylic acids is 1. The molecule has 1 amide bonds. The van der Waals surface area contributed by atoms with E-state index in [9.17, 15) is 4.79 Å². The van der Waals surface area contributed by atoms with E-state index in [4.69, 9.17) is 0 Å². The molecule has 0 saturated carbocycles. The topological polar surface area (TPSA) is 54.0 Å². The van der Waals surface area contributed by atoms with Gasteiger partial charge in [-0.2, -0.15) is 0 Å². The van der Waals surface area contributed by atoms with Crippen LogP contribution in [0, 0.1) is 5.92 Å². The Morgan fingerprint density at radius 2 is 2.15 bits per heavy atom. The van der Waals surface area contributed by atoms with Crippen molar-refractivity contribution in [3.8, 4) is 0 Å². The first-order valence-corrected chi connectivity index (χ1v) is 7.99. The number of benzene rings is 1. The summed E-state index contributed by atoms with van der Waals surface area (Å²) in [6, 6.07) is 7.95. The van der Waals surface area contributed by atoms with Crippen LogP contribution in [0.4, 0.5) is 5.13 Å². The number of aromatic nitrogens is 1. The molecule has 1 aliphatic rings. The van der Waals surface area contributed by atoms with Crippen molar-refractivity contribution in [3.05, 3.63) is 24.3 Å². The lowest BCUT2D eigenvalue weighted by molar-refractivity contribution is -0.116. The molecule has 1 saturated heterocycles. The van der Waals surface area contributed by atoms with Gasteiger partial charge in [0.1, 0.15) is 0 Å². The molecule has 2 N–H and O–H groups in total. The van der Waals surface area contributed by atoms with Gasteiger partial charge in [-0.1, -0.05) is 23.5 Å². The van der Waals surface area contributed by atoms with Crippen LogP contribution in [0.2, 0.25) is 0 Å². The van der Waals surface area contributed by atoms with E-state index in [1.165, 1.54) is 24.2 Å². The predicted molar refractivity (Wildman–Crippen MR) is 83.1 cm³/mol. The molecule has 4 nitrogen and oxygen atoms in total. The van der Waals surface area contributed by atoms with E-state index in [0.717, 1.165) is 29.7 Å². The number of amides is 1. The standard InChI is InChI=1S/C15H19N3OS/c19-14(6-5-11-7-9-16-10-8-11)18-15-17-12-3-1-2-4-13(12)20-15/h1-4,11,16H,5-10H2,(H,17,18,19). The molecule has 3 rings (SSSR count). The SMILES string of the molecule is O=C(CCC1CCNCC1)Nc1nc2ccccc2s1. The predicted octanol–water partition coefficient (Wildman–Crippen LogP) is 3.01. The minimum absolute atomic E-state index is 0.0857. The summed E-state index contributed by atoms with van der Waals surface area (Å²) in [5.41, 5.74) is 0.950. The first-order chi connectivity index (χ1) is 9.81. The minimum atomic E-state index is 0.0857. The number of hydrogen-bond donors (Lipinski definition) is 2. The van der Waals surface area contributed by atoms with Crippen LogP contribution in [0.3, 0.4) is 0 Å². The van der Waals surface area contributed by atoms with Gasteiger partial charge in [-0.15, -0.1) is 0 Å². The third-order valence-electron chi connectivity index (χ3n) is 3.78. The Morgan fingerprint density at radius 3 is 2.95 bits per heavy atom. The van der Waals surface area contributed by atoms with Crippen molar-refractivity contribution in [1.29, 1.82) is 0 Å². The first-order valence-electron chi connectivity index (χ1n) is 7.17. The molecule has 0 aliphatic carbocycles. The summed E-state index contributed by atoms with van der Waals surface area (Å²) in [6.45, 7) is 2.17. The van der Waals surface area contributed by atoms with Gasteiger partial charge in [0, 0.05) is 6.42 Å². The first kappa shape index (κ1) is 13.5. The van der Waals surface area contributed by atoms with Crippen LogP contribution in [-0.4, -0.2) is 24.0 Å². The van der Waals surface area contributed by atoms with E-state index < -0.39 is 0 Å². The zero-order chi connectivity index (χ0) is 13.8. The molecule has 1 aliphatic heterocycles. The van der Waals surface area contributed by atoms with Gasteiger partial charge in [-0.3, -0.25) is 4.79 Å². The fourth-order valence-corrected chi connectivity index (χ4v) is 3.50. The summed E-state index contributed by atoms with van der Waals surface area (Å²) in [5, 5.41) is 6.98. The lowest BCUT2D eigenvalue weighted by Gasteiger charge is -2.21. The van der Waals surface area contributed by atoms with E-state index in [1.54, 1.807) is 0 Å². The van der Waals surface area contributed by atoms with Crippen LogP contribution in [0.15, 0.2) is 24.3 Å². The average Bonchev–Trinajstić information content (AvgIpc) is 2.88. The van der Waals surface area contributed by atoms with Gasteiger partial charge in [0.15, 0.2) is 5.13 Å². The molecule has 20 heavy (non-hydrogen) atoms. The molecular weight excluding hydrogens is 270 g/mol. The Labute approximate surface area is 122 Å². The van der Waals surface area contributed by atoms with Crippen molar-refractivity contribution < 1.29 is 4.79 Å². The molecule has 0 bridgehead atoms. The van der Waals surface area contributed by atoms with E-state index in [1.807, 2.05) is 24.3 Å². The van der Waals surface area contributed by atoms with Crippen molar-refractivity contribution in [1.82, 2.24) is 10.3 Å². The fourth-order valence-electron chi connectivity index (χ4n) is 2.61. The lowest BCUT2D eigenvalue weighted by atomic mass is 9.93. The van der Waals surface area contributed by atoms with Crippen LogP contribution in [0.5, 0.6) is 0 Å². The second kappa shape index (κ2) is 6.33. The Hall–Kier alpha value is -1.46. The van der Waals surface area contributed by atoms with Crippen molar-refractivity contribution in [2.75, 3.05) is 18.4 Å². The summed E-state index contributed by atoms with van der Waals surface area (Å²) < 4.78 is 1.11. The van der Waals surface area contributed by atoms with Gasteiger partial charge >= 0.3 is 0 Å². The zero-order valence-corrected chi connectivity index (χ0v) is 12.2. The highest BCUT2D eigenvalue weighted by molar-refractivity contribution is 7.22. The molecule has 1 fully saturated rings. The average molecular weight is 289 g/mol. The van der Waals surface area contributed by atoms with Crippen LogP contribution in [0.25, 0.3) is 10.2 Å². The third kappa shape index (κ3) is 3.35. The molecule has 2 heterocycles. The Morgan fingerprint density at radius 1 is 1.35 bits per heavy atom. The molecular formula is C15H19N3OS. The van der Waals surface area contributed by atoms with Crippen LogP contribution < -0.4 is 10.6 Å². The van der Waals surface area contributed by atoms with E-state index >= 15 is 0 Å². The number of thiazole rings is 1. The zero-order valence-electron chi connectivity index (χ0n) is 11.4. The molecule has 1 aromatic carbocycles. The van der Waals surface area contributed by atoms with E-state index in [0.29, 0.717) is 17.5 Å². The Balaban J connectivity index is 1.52. The maximum Gasteiger partial charge on any atom is 0.226 e. The van der Waals surface area contributed by atoms with Gasteiger partial charge in [-0.25, -0.2) is 4.98 Å². The minimum Gasteiger partial charge on any atom is -0.317 e. The number of anilines is 1. The summed E-state index contributed by atoms with van der Waals surface area (Å²) in [6.07, 6.45) is 3.96. The third-order valence-corrected chi connectivity index (χ3v) is 4.73. The maximum atomic E-state index is 12.0. The van der Waals surface area contributed by atoms with Gasteiger partial charge in [0.25, 0.3) is 0 Å². The summed E-state index contributed by atoms with van der Waals surface area (Å²) in [4.78, 5) is 16.4. The largest absolute Gasteiger partial charge is 0.317 e. The second-order valence-electron chi connectivity index (χ2n) is 5.27. The molecule has 5 heteroatoms. The van der Waals surface area contributed by atoms with Gasteiger partial charge in [0.05, 0.1) is 10.2 Å². The van der Waals surface area contributed by atoms with Crippen molar-refractivity contribution >= 4 is 32.6 Å². The molecule has 106 valence electrons. The highest BCUT2D eigenvalue weighted by Gasteiger charge is 2.15. The van der Waals surface area contributed by atoms with Crippen molar-refractivity contribution in [2.24, 2.45) is 5.92 Å². The number of nitrogens with one attached hydrogen (secondary N) is 2. The van der Waals surface area contributed by atoms with E-state index in [2.05, 4.69) is 15.6 Å². The van der Waals surface area contributed by atoms with Crippen molar-refractivity contribution in [3.63, 3.8) is 0 Å². The van der Waals surface area contributed by atoms with Crippen LogP contribution in [0.1, 0.15) is 25.7 Å². The molecule has 2 aromatic rings. The number of carbonyl (C=O) groups is 1. The number of rotatable bonds is 4. The summed E-state index contributed by atoms with van der Waals surface area (Å²) >= 11 is 1.53. The number of fused-ring (bicyclic) bond motifs is 1. The smallest absolute Gasteiger partial charge is 0.226 e. The molecule has 0 atom stereocenters. The van der Waals surface area contributed by atoms with Gasteiger partial charge in [-0.05, 0) is 50.4 Å². The summed E-state index contributed by atoms with van der Waals surface area (Å²) in [5.74, 6) is 0.778. The summed E-state index contributed by atoms with van der Waals surface area (Å²) in [7, 11) is 0. The second-order valence-corrected chi connectivity index (χ2v) is 6.30. The molecule has 0 unspecified atom stereocenters. The quantitative estimate of drug-likeness (QED) is 0.909. The van der Waals surface area contributed by atoms with Gasteiger partial charge < -0.3 is 10.6 Å². The maximum absolute atomic E-state index is 12.0. The highest BCUT2D eigenvalue weighted by atomic mass is 32.1. The monoisotopic (exact) mass is 289 g/mol.